The molecule has 0 saturated heterocycles. The number of aromatic nitrogens is 2. The van der Waals surface area contributed by atoms with E-state index in [1.165, 1.54) is 12.1 Å². The maximum absolute atomic E-state index is 16.5. The monoisotopic (exact) mass is 671 g/mol. The Morgan fingerprint density at radius 3 is 2.40 bits per heavy atom. The second kappa shape index (κ2) is 13.0. The Morgan fingerprint density at radius 2 is 1.69 bits per heavy atom. The Bertz CT molecular complexity index is 1580. The third-order valence-electron chi connectivity index (χ3n) is 13.4. The van der Waals surface area contributed by atoms with Gasteiger partial charge in [0, 0.05) is 12.5 Å². The predicted molar refractivity (Wildman–Crippen MR) is 169 cm³/mol. The van der Waals surface area contributed by atoms with Gasteiger partial charge in [0.1, 0.15) is 17.8 Å². The summed E-state index contributed by atoms with van der Waals surface area (Å²) in [7, 11) is 0. The van der Waals surface area contributed by atoms with Crippen LogP contribution in [0.2, 0.25) is 0 Å². The largest absolute Gasteiger partial charge is 0.481 e. The summed E-state index contributed by atoms with van der Waals surface area (Å²) in [5.41, 5.74) is -0.0812. The molecule has 11 atom stereocenters. The van der Waals surface area contributed by atoms with Gasteiger partial charge in [-0.05, 0) is 132 Å². The lowest BCUT2D eigenvalue weighted by Gasteiger charge is -2.61. The van der Waals surface area contributed by atoms with Crippen molar-refractivity contribution in [2.24, 2.45) is 52.3 Å². The number of carbonyl (C=O) groups is 3. The highest BCUT2D eigenvalue weighted by atomic mass is 19.1. The van der Waals surface area contributed by atoms with E-state index in [9.17, 15) is 34.7 Å². The number of aliphatic carboxylic acids is 2. The highest BCUT2D eigenvalue weighted by molar-refractivity contribution is 5.87. The number of fused-ring (bicyclic) bond motifs is 6. The van der Waals surface area contributed by atoms with Crippen LogP contribution in [-0.2, 0) is 25.5 Å². The molecule has 2 aromatic rings. The van der Waals surface area contributed by atoms with E-state index >= 15 is 4.39 Å². The number of ether oxygens (including phenoxy) is 1. The summed E-state index contributed by atoms with van der Waals surface area (Å²) in [6.45, 7) is 6.85. The first-order valence-corrected chi connectivity index (χ1v) is 17.4. The first-order chi connectivity index (χ1) is 22.7. The van der Waals surface area contributed by atoms with Crippen LogP contribution >= 0.6 is 0 Å². The molecule has 0 amide bonds. The normalized spacial score (nSPS) is 35.5. The van der Waals surface area contributed by atoms with Crippen LogP contribution in [0, 0.1) is 62.4 Å². The topological polar surface area (TPSA) is 183 Å². The van der Waals surface area contributed by atoms with Gasteiger partial charge in [-0.25, -0.2) is 9.02 Å². The van der Waals surface area contributed by atoms with Gasteiger partial charge in [0.2, 0.25) is 5.52 Å². The fourth-order valence-corrected chi connectivity index (χ4v) is 11.1. The summed E-state index contributed by atoms with van der Waals surface area (Å²) in [6, 6.07) is 2.61. The minimum atomic E-state index is -1.37. The molecule has 262 valence electrons. The first-order valence-electron chi connectivity index (χ1n) is 17.4. The molecule has 1 aromatic carbocycles. The van der Waals surface area contributed by atoms with Crippen molar-refractivity contribution in [1.29, 1.82) is 0 Å². The van der Waals surface area contributed by atoms with Crippen molar-refractivity contribution >= 4 is 34.6 Å². The Hall–Kier alpha value is -3.64. The summed E-state index contributed by atoms with van der Waals surface area (Å²) in [4.78, 5) is 47.3. The molecule has 13 heteroatoms. The van der Waals surface area contributed by atoms with Crippen molar-refractivity contribution in [3.05, 3.63) is 27.8 Å². The second-order valence-electron chi connectivity index (χ2n) is 15.6. The number of alkyl halides is 1. The molecule has 0 aliphatic heterocycles. The molecular weight excluding hydrogens is 625 g/mol. The molecule has 2 N–H and O–H groups in total. The van der Waals surface area contributed by atoms with Gasteiger partial charge in [0.25, 0.3) is 0 Å². The number of carbonyl (C=O) groups excluding carboxylic acids is 1. The zero-order chi connectivity index (χ0) is 34.5. The van der Waals surface area contributed by atoms with E-state index in [1.54, 1.807) is 0 Å². The molecule has 4 saturated carbocycles. The van der Waals surface area contributed by atoms with Gasteiger partial charge >= 0.3 is 23.6 Å². The number of nitro benzene ring substituents is 1. The number of hydrogen-bond acceptors (Lipinski definition) is 9. The molecule has 1 unspecified atom stereocenters. The molecule has 6 rings (SSSR count). The minimum Gasteiger partial charge on any atom is -0.481 e. The zero-order valence-electron chi connectivity index (χ0n) is 27.8. The van der Waals surface area contributed by atoms with Crippen molar-refractivity contribution < 1.29 is 43.3 Å². The van der Waals surface area contributed by atoms with E-state index in [2.05, 4.69) is 31.1 Å². The fraction of sp³-hybridized carbons (Fsp3) is 0.743. The maximum Gasteiger partial charge on any atom is 0.310 e. The van der Waals surface area contributed by atoms with Crippen LogP contribution in [0.3, 0.4) is 0 Å². The molecule has 48 heavy (non-hydrogen) atoms. The lowest BCUT2D eigenvalue weighted by Crippen LogP contribution is -2.58. The summed E-state index contributed by atoms with van der Waals surface area (Å²) in [6.07, 6.45) is 4.88. The highest BCUT2D eigenvalue weighted by Crippen LogP contribution is 2.68. The van der Waals surface area contributed by atoms with Crippen LogP contribution in [0.1, 0.15) is 97.0 Å². The van der Waals surface area contributed by atoms with E-state index in [4.69, 9.17) is 9.37 Å². The molecule has 4 fully saturated rings. The fourth-order valence-electron chi connectivity index (χ4n) is 11.1. The van der Waals surface area contributed by atoms with Crippen molar-refractivity contribution in [2.75, 3.05) is 0 Å². The van der Waals surface area contributed by atoms with Crippen LogP contribution in [0.15, 0.2) is 16.8 Å². The molecule has 0 radical (unpaired) electrons. The number of non-ortho nitro benzene ring substituents is 1. The molecule has 0 bridgehead atoms. The molecular formula is C35H46FN3O9. The Morgan fingerprint density at radius 1 is 1.00 bits per heavy atom. The minimum absolute atomic E-state index is 0.0628. The number of nitrogens with zero attached hydrogens (tertiary/aromatic N) is 3. The predicted octanol–water partition coefficient (Wildman–Crippen LogP) is 6.78. The Kier molecular flexibility index (Phi) is 9.27. The van der Waals surface area contributed by atoms with Gasteiger partial charge in [-0.3, -0.25) is 24.5 Å². The average Bonchev–Trinajstić information content (AvgIpc) is 3.66. The lowest BCUT2D eigenvalue weighted by atomic mass is 9.44. The first kappa shape index (κ1) is 34.2. The average molecular weight is 672 g/mol. The van der Waals surface area contributed by atoms with Gasteiger partial charge in [0.05, 0.1) is 17.3 Å². The molecule has 12 nitrogen and oxygen atoms in total. The lowest BCUT2D eigenvalue weighted by molar-refractivity contribution is -0.383. The van der Waals surface area contributed by atoms with E-state index in [1.807, 2.05) is 0 Å². The van der Waals surface area contributed by atoms with Crippen LogP contribution < -0.4 is 0 Å². The molecule has 4 aliphatic carbocycles. The van der Waals surface area contributed by atoms with Crippen molar-refractivity contribution in [2.45, 2.75) is 110 Å². The van der Waals surface area contributed by atoms with E-state index in [0.717, 1.165) is 38.5 Å². The van der Waals surface area contributed by atoms with Gasteiger partial charge in [-0.15, -0.1) is 0 Å². The second-order valence-corrected chi connectivity index (χ2v) is 15.6. The standard InChI is InChI=1S/C35H46FN3O9/c1-18(4-11-28(40)41)22-8-9-23-21-6-7-25-30(36)27(13-15-35(25,3)24(21)12-14-34(22,23)2)47-33(44)20(17-29(42)43)16-19-5-10-26(39(45)46)32-31(19)37-48-38-32/h5,10,18,20-25,27,30H,4,6-9,11-17H2,1-3H3,(H,40,41)(H,42,43)/t18-,20+,21+,22?,23+,24+,25-,27+,30-,34-,35-/m1/s1. The smallest absolute Gasteiger partial charge is 0.310 e. The Labute approximate surface area is 278 Å². The van der Waals surface area contributed by atoms with E-state index < -0.39 is 47.4 Å². The highest BCUT2D eigenvalue weighted by Gasteiger charge is 2.62. The summed E-state index contributed by atoms with van der Waals surface area (Å²) in [5.74, 6) is -1.95. The van der Waals surface area contributed by atoms with Crippen molar-refractivity contribution in [3.63, 3.8) is 0 Å². The van der Waals surface area contributed by atoms with Gasteiger partial charge in [-0.2, -0.15) is 0 Å². The number of hydrogen-bond donors (Lipinski definition) is 2. The summed E-state index contributed by atoms with van der Waals surface area (Å²) in [5, 5.41) is 37.6. The SMILES string of the molecule is C[C@H](CCC(=O)O)C1CC[C@H]2[C@@H]3CC[C@@H]4[C@@H](F)[C@@H](OC(=O)[C@H](CC(=O)O)Cc5ccc([N+](=O)[O-])c6nonc56)CC[C@]4(C)[C@H]3CC[C@]12C. The third kappa shape index (κ3) is 5.95. The summed E-state index contributed by atoms with van der Waals surface area (Å²) < 4.78 is 27.0. The molecule has 4 aliphatic rings. The number of carboxylic acids is 2. The van der Waals surface area contributed by atoms with Gasteiger partial charge in [-0.1, -0.05) is 20.8 Å². The van der Waals surface area contributed by atoms with Crippen LogP contribution in [0.5, 0.6) is 0 Å². The zero-order valence-corrected chi connectivity index (χ0v) is 27.8. The number of halogens is 1. The van der Waals surface area contributed by atoms with Crippen molar-refractivity contribution in [1.82, 2.24) is 10.3 Å². The molecule has 1 aromatic heterocycles. The van der Waals surface area contributed by atoms with Crippen LogP contribution in [-0.4, -0.2) is 55.6 Å². The van der Waals surface area contributed by atoms with Gasteiger partial charge in [0.15, 0.2) is 0 Å². The van der Waals surface area contributed by atoms with Crippen LogP contribution in [0.4, 0.5) is 10.1 Å². The number of benzene rings is 1. The quantitative estimate of drug-likeness (QED) is 0.146. The Balaban J connectivity index is 1.14. The van der Waals surface area contributed by atoms with Crippen molar-refractivity contribution in [3.8, 4) is 0 Å². The van der Waals surface area contributed by atoms with E-state index in [-0.39, 0.29) is 46.3 Å². The maximum atomic E-state index is 16.5. The number of carboxylic acid groups (broad SMARTS) is 2. The van der Waals surface area contributed by atoms with Crippen LogP contribution in [0.25, 0.3) is 11.0 Å². The molecule has 0 spiro atoms. The third-order valence-corrected chi connectivity index (χ3v) is 13.4. The van der Waals surface area contributed by atoms with Gasteiger partial charge < -0.3 is 14.9 Å². The number of nitro groups is 1. The van der Waals surface area contributed by atoms with E-state index in [0.29, 0.717) is 54.4 Å². The number of rotatable bonds is 11. The molecule has 1 heterocycles. The number of esters is 1. The summed E-state index contributed by atoms with van der Waals surface area (Å²) >= 11 is 0.